The molecule has 1 heterocycles. The van der Waals surface area contributed by atoms with Crippen LogP contribution >= 0.6 is 0 Å². The molecule has 0 saturated heterocycles. The summed E-state index contributed by atoms with van der Waals surface area (Å²) in [7, 11) is 1.61. The average Bonchev–Trinajstić information content (AvgIpc) is 3.23. The van der Waals surface area contributed by atoms with Crippen LogP contribution in [0.4, 0.5) is 0 Å². The van der Waals surface area contributed by atoms with Gasteiger partial charge in [-0.25, -0.2) is 0 Å². The molecule has 0 spiro atoms. The summed E-state index contributed by atoms with van der Waals surface area (Å²) < 4.78 is 10.7. The molecular formula is C25H24N2O3. The van der Waals surface area contributed by atoms with E-state index in [1.54, 1.807) is 31.4 Å². The smallest absolute Gasteiger partial charge is 0.257 e. The molecule has 0 unspecified atom stereocenters. The highest BCUT2D eigenvalue weighted by atomic mass is 16.5. The molecule has 1 aromatic heterocycles. The number of hydrogen-bond donors (Lipinski definition) is 2. The number of ether oxygens (including phenoxy) is 2. The van der Waals surface area contributed by atoms with Crippen LogP contribution in [0.25, 0.3) is 10.9 Å². The van der Waals surface area contributed by atoms with Gasteiger partial charge in [-0.3, -0.25) is 4.79 Å². The highest BCUT2D eigenvalue weighted by Gasteiger charge is 2.19. The molecule has 3 aromatic carbocycles. The number of amides is 1. The number of para-hydroxylation sites is 1. The fraction of sp³-hybridized carbons (Fsp3) is 0.160. The third-order valence-corrected chi connectivity index (χ3v) is 5.13. The number of carbonyl (C=O) groups is 1. The van der Waals surface area contributed by atoms with Crippen molar-refractivity contribution in [2.24, 2.45) is 0 Å². The van der Waals surface area contributed by atoms with Crippen LogP contribution in [0.1, 0.15) is 17.0 Å². The van der Waals surface area contributed by atoms with Crippen LogP contribution in [0.3, 0.4) is 0 Å². The molecule has 0 aliphatic heterocycles. The van der Waals surface area contributed by atoms with Crippen molar-refractivity contribution in [3.63, 3.8) is 0 Å². The summed E-state index contributed by atoms with van der Waals surface area (Å²) in [6.07, 6.45) is 2.03. The number of nitrogens with one attached hydrogen (secondary N) is 2. The lowest BCUT2D eigenvalue weighted by Crippen LogP contribution is -2.32. The largest absolute Gasteiger partial charge is 0.497 e. The van der Waals surface area contributed by atoms with Gasteiger partial charge in [-0.1, -0.05) is 48.5 Å². The van der Waals surface area contributed by atoms with E-state index >= 15 is 0 Å². The Morgan fingerprint density at radius 3 is 2.40 bits per heavy atom. The minimum absolute atomic E-state index is 0.0345. The van der Waals surface area contributed by atoms with Crippen LogP contribution in [0.2, 0.25) is 0 Å². The zero-order valence-electron chi connectivity index (χ0n) is 16.8. The molecular weight excluding hydrogens is 376 g/mol. The molecule has 4 aromatic rings. The molecule has 1 amide bonds. The fourth-order valence-electron chi connectivity index (χ4n) is 3.56. The Kier molecular flexibility index (Phi) is 5.99. The van der Waals surface area contributed by atoms with Gasteiger partial charge in [0.1, 0.15) is 11.5 Å². The predicted molar refractivity (Wildman–Crippen MR) is 118 cm³/mol. The molecule has 0 fully saturated rings. The lowest BCUT2D eigenvalue weighted by Gasteiger charge is -2.18. The van der Waals surface area contributed by atoms with Crippen molar-refractivity contribution in [1.82, 2.24) is 10.3 Å². The molecule has 0 radical (unpaired) electrons. The molecule has 5 nitrogen and oxygen atoms in total. The van der Waals surface area contributed by atoms with Crippen LogP contribution < -0.4 is 14.8 Å². The van der Waals surface area contributed by atoms with Crippen molar-refractivity contribution in [2.45, 2.75) is 5.92 Å². The quantitative estimate of drug-likeness (QED) is 0.458. The second kappa shape index (κ2) is 9.18. The molecule has 2 N–H and O–H groups in total. The first-order valence-electron chi connectivity index (χ1n) is 9.89. The van der Waals surface area contributed by atoms with Crippen molar-refractivity contribution < 1.29 is 14.3 Å². The number of carbonyl (C=O) groups excluding carboxylic acids is 1. The van der Waals surface area contributed by atoms with Gasteiger partial charge < -0.3 is 19.8 Å². The van der Waals surface area contributed by atoms with Gasteiger partial charge in [-0.05, 0) is 41.5 Å². The van der Waals surface area contributed by atoms with Gasteiger partial charge in [0.2, 0.25) is 0 Å². The number of aromatic amines is 1. The molecule has 0 aliphatic carbocycles. The Bertz CT molecular complexity index is 1100. The van der Waals surface area contributed by atoms with E-state index in [1.807, 2.05) is 36.5 Å². The van der Waals surface area contributed by atoms with E-state index in [1.165, 1.54) is 0 Å². The molecule has 0 bridgehead atoms. The maximum Gasteiger partial charge on any atom is 0.257 e. The number of H-pyrrole nitrogens is 1. The van der Waals surface area contributed by atoms with Crippen LogP contribution in [-0.2, 0) is 4.79 Å². The second-order valence-electron chi connectivity index (χ2n) is 7.02. The summed E-state index contributed by atoms with van der Waals surface area (Å²) in [6.45, 7) is 0.443. The molecule has 0 saturated carbocycles. The van der Waals surface area contributed by atoms with E-state index in [0.29, 0.717) is 12.3 Å². The first-order valence-corrected chi connectivity index (χ1v) is 9.89. The Morgan fingerprint density at radius 1 is 0.933 bits per heavy atom. The maximum absolute atomic E-state index is 12.4. The van der Waals surface area contributed by atoms with E-state index in [9.17, 15) is 4.79 Å². The first-order chi connectivity index (χ1) is 14.7. The summed E-state index contributed by atoms with van der Waals surface area (Å²) in [5.74, 6) is 1.25. The minimum atomic E-state index is -0.161. The topological polar surface area (TPSA) is 63.4 Å². The van der Waals surface area contributed by atoms with E-state index in [-0.39, 0.29) is 18.4 Å². The third kappa shape index (κ3) is 4.46. The Morgan fingerprint density at radius 2 is 1.63 bits per heavy atom. The van der Waals surface area contributed by atoms with Crippen LogP contribution in [0, 0.1) is 0 Å². The Balaban J connectivity index is 1.45. The SMILES string of the molecule is COc1ccc(OCC(=O)NC[C@H](c2ccccc2)c2c[nH]c3ccccc23)cc1. The first kappa shape index (κ1) is 19.6. The number of hydrogen-bond acceptors (Lipinski definition) is 3. The summed E-state index contributed by atoms with van der Waals surface area (Å²) >= 11 is 0. The van der Waals surface area contributed by atoms with Gasteiger partial charge in [0.05, 0.1) is 7.11 Å². The zero-order chi connectivity index (χ0) is 20.8. The standard InChI is InChI=1S/C25H24N2O3/c1-29-19-11-13-20(14-12-19)30-17-25(28)27-15-22(18-7-3-2-4-8-18)23-16-26-24-10-6-5-9-21(23)24/h2-14,16,22,26H,15,17H2,1H3,(H,27,28)/t22-/m1/s1. The predicted octanol–water partition coefficient (Wildman–Crippen LogP) is 4.50. The molecule has 5 heteroatoms. The summed E-state index contributed by atoms with van der Waals surface area (Å²) in [6, 6.07) is 25.6. The highest BCUT2D eigenvalue weighted by Crippen LogP contribution is 2.30. The number of methoxy groups -OCH3 is 1. The maximum atomic E-state index is 12.4. The minimum Gasteiger partial charge on any atom is -0.497 e. The van der Waals surface area contributed by atoms with Crippen molar-refractivity contribution in [2.75, 3.05) is 20.3 Å². The normalized spacial score (nSPS) is 11.8. The molecule has 4 rings (SSSR count). The third-order valence-electron chi connectivity index (χ3n) is 5.13. The van der Waals surface area contributed by atoms with Crippen molar-refractivity contribution in [1.29, 1.82) is 0 Å². The van der Waals surface area contributed by atoms with Gasteiger partial charge in [-0.2, -0.15) is 0 Å². The van der Waals surface area contributed by atoms with Gasteiger partial charge >= 0.3 is 0 Å². The number of benzene rings is 3. The molecule has 0 aliphatic rings. The molecule has 1 atom stereocenters. The highest BCUT2D eigenvalue weighted by molar-refractivity contribution is 5.84. The number of aromatic nitrogens is 1. The van der Waals surface area contributed by atoms with Gasteiger partial charge in [-0.15, -0.1) is 0 Å². The molecule has 152 valence electrons. The van der Waals surface area contributed by atoms with Crippen LogP contribution in [0.15, 0.2) is 85.1 Å². The van der Waals surface area contributed by atoms with E-state index in [0.717, 1.165) is 27.8 Å². The Hall–Kier alpha value is -3.73. The number of rotatable bonds is 8. The lowest BCUT2D eigenvalue weighted by atomic mass is 9.91. The van der Waals surface area contributed by atoms with Gasteiger partial charge in [0.15, 0.2) is 6.61 Å². The number of fused-ring (bicyclic) bond motifs is 1. The van der Waals surface area contributed by atoms with Crippen LogP contribution in [-0.4, -0.2) is 31.2 Å². The van der Waals surface area contributed by atoms with E-state index < -0.39 is 0 Å². The van der Waals surface area contributed by atoms with Crippen molar-refractivity contribution in [3.05, 3.63) is 96.2 Å². The van der Waals surface area contributed by atoms with Gasteiger partial charge in [0.25, 0.3) is 5.91 Å². The summed E-state index contributed by atoms with van der Waals surface area (Å²) in [5, 5.41) is 4.19. The zero-order valence-corrected chi connectivity index (χ0v) is 16.8. The monoisotopic (exact) mass is 400 g/mol. The van der Waals surface area contributed by atoms with Crippen molar-refractivity contribution in [3.8, 4) is 11.5 Å². The van der Waals surface area contributed by atoms with E-state index in [2.05, 4.69) is 34.6 Å². The molecule has 30 heavy (non-hydrogen) atoms. The second-order valence-corrected chi connectivity index (χ2v) is 7.02. The van der Waals surface area contributed by atoms with E-state index in [4.69, 9.17) is 9.47 Å². The van der Waals surface area contributed by atoms with Crippen LogP contribution in [0.5, 0.6) is 11.5 Å². The van der Waals surface area contributed by atoms with Gasteiger partial charge in [0, 0.05) is 29.6 Å². The Labute approximate surface area is 175 Å². The lowest BCUT2D eigenvalue weighted by molar-refractivity contribution is -0.123. The summed E-state index contributed by atoms with van der Waals surface area (Å²) in [4.78, 5) is 15.8. The average molecular weight is 400 g/mol. The summed E-state index contributed by atoms with van der Waals surface area (Å²) in [5.41, 5.74) is 3.40. The fourth-order valence-corrected chi connectivity index (χ4v) is 3.56. The van der Waals surface area contributed by atoms with Crippen molar-refractivity contribution >= 4 is 16.8 Å².